The van der Waals surface area contributed by atoms with E-state index in [2.05, 4.69) is 73.7 Å². The highest BCUT2D eigenvalue weighted by Crippen LogP contribution is 2.43. The van der Waals surface area contributed by atoms with Crippen LogP contribution in [0.25, 0.3) is 10.8 Å². The number of benzene rings is 3. The summed E-state index contributed by atoms with van der Waals surface area (Å²) in [5.41, 5.74) is 4.02. The number of carboxylic acid groups (broad SMARTS) is 1. The van der Waals surface area contributed by atoms with Crippen LogP contribution in [0.4, 0.5) is 0 Å². The molecular formula is C27H30O2. The zero-order chi connectivity index (χ0) is 20.2. The lowest BCUT2D eigenvalue weighted by Gasteiger charge is -2.19. The Morgan fingerprint density at radius 1 is 1.00 bits per heavy atom. The van der Waals surface area contributed by atoms with Gasteiger partial charge in [0.25, 0.3) is 0 Å². The van der Waals surface area contributed by atoms with Crippen molar-refractivity contribution in [3.8, 4) is 0 Å². The van der Waals surface area contributed by atoms with Crippen LogP contribution >= 0.6 is 0 Å². The number of carbonyl (C=O) groups is 1. The van der Waals surface area contributed by atoms with Crippen LogP contribution in [0.5, 0.6) is 0 Å². The molecule has 0 amide bonds. The van der Waals surface area contributed by atoms with E-state index >= 15 is 0 Å². The van der Waals surface area contributed by atoms with E-state index in [1.54, 1.807) is 0 Å². The maximum Gasteiger partial charge on any atom is 0.303 e. The maximum absolute atomic E-state index is 10.7. The summed E-state index contributed by atoms with van der Waals surface area (Å²) in [6.07, 6.45) is 5.91. The molecule has 1 N–H and O–H groups in total. The first-order chi connectivity index (χ1) is 14.1. The zero-order valence-corrected chi connectivity index (χ0v) is 17.2. The monoisotopic (exact) mass is 386 g/mol. The summed E-state index contributed by atoms with van der Waals surface area (Å²) in [6.45, 7) is 2.38. The highest BCUT2D eigenvalue weighted by Gasteiger charge is 2.27. The van der Waals surface area contributed by atoms with Gasteiger partial charge in [-0.25, -0.2) is 0 Å². The van der Waals surface area contributed by atoms with Crippen LogP contribution in [0.1, 0.15) is 67.6 Å². The number of fused-ring (bicyclic) bond motifs is 1. The average Bonchev–Trinajstić information content (AvgIpc) is 3.20. The molecule has 0 unspecified atom stereocenters. The minimum atomic E-state index is -0.729. The molecule has 3 aromatic carbocycles. The zero-order valence-electron chi connectivity index (χ0n) is 17.2. The van der Waals surface area contributed by atoms with Crippen molar-refractivity contribution in [1.29, 1.82) is 0 Å². The van der Waals surface area contributed by atoms with Crippen molar-refractivity contribution in [3.05, 3.63) is 83.4 Å². The summed E-state index contributed by atoms with van der Waals surface area (Å²) in [5, 5.41) is 11.6. The second-order valence-corrected chi connectivity index (χ2v) is 8.72. The molecule has 3 aromatic rings. The number of carboxylic acids is 1. The lowest BCUT2D eigenvalue weighted by atomic mass is 9.86. The van der Waals surface area contributed by atoms with E-state index in [-0.39, 0.29) is 6.42 Å². The second kappa shape index (κ2) is 8.82. The molecule has 1 aliphatic carbocycles. The molecule has 0 aromatic heterocycles. The summed E-state index contributed by atoms with van der Waals surface area (Å²) in [6, 6.07) is 24.1. The Morgan fingerprint density at radius 2 is 1.76 bits per heavy atom. The number of aryl methyl sites for hydroxylation is 1. The van der Waals surface area contributed by atoms with E-state index in [0.29, 0.717) is 18.3 Å². The van der Waals surface area contributed by atoms with Crippen molar-refractivity contribution in [2.75, 3.05) is 0 Å². The molecule has 0 saturated heterocycles. The second-order valence-electron chi connectivity index (χ2n) is 8.72. The van der Waals surface area contributed by atoms with Gasteiger partial charge in [0, 0.05) is 6.42 Å². The van der Waals surface area contributed by atoms with Crippen LogP contribution in [-0.4, -0.2) is 11.1 Å². The average molecular weight is 387 g/mol. The molecule has 4 rings (SSSR count). The van der Waals surface area contributed by atoms with Gasteiger partial charge >= 0.3 is 5.97 Å². The Hall–Kier alpha value is -2.61. The summed E-state index contributed by atoms with van der Waals surface area (Å²) in [7, 11) is 0. The fourth-order valence-electron chi connectivity index (χ4n) is 5.11. The van der Waals surface area contributed by atoms with Gasteiger partial charge in [0.05, 0.1) is 0 Å². The molecule has 2 heteroatoms. The number of rotatable bonds is 7. The van der Waals surface area contributed by atoms with Crippen molar-refractivity contribution in [1.82, 2.24) is 0 Å². The molecule has 2 nitrogen and oxygen atoms in total. The fourth-order valence-corrected chi connectivity index (χ4v) is 5.11. The fraction of sp³-hybridized carbons (Fsp3) is 0.370. The SMILES string of the molecule is C[C@@H](C[C@H]1CC[C@H](c2ccc(CCC(=O)O)cc2)C1)c1cccc2ccccc12. The highest BCUT2D eigenvalue weighted by molar-refractivity contribution is 5.86. The Bertz CT molecular complexity index is 968. The smallest absolute Gasteiger partial charge is 0.303 e. The minimum absolute atomic E-state index is 0.205. The van der Waals surface area contributed by atoms with Crippen LogP contribution in [0.15, 0.2) is 66.7 Å². The van der Waals surface area contributed by atoms with Crippen molar-refractivity contribution < 1.29 is 9.90 Å². The number of hydrogen-bond donors (Lipinski definition) is 1. The standard InChI is InChI=1S/C27H30O2/c1-19(25-8-4-6-23-5-2-3-7-26(23)25)17-21-11-15-24(18-21)22-13-9-20(10-14-22)12-16-27(28)29/h2-10,13-14,19,21,24H,11-12,15-18H2,1H3,(H,28,29)/t19-,21+,24-/m0/s1. The predicted molar refractivity (Wildman–Crippen MR) is 119 cm³/mol. The first-order valence-corrected chi connectivity index (χ1v) is 10.9. The molecule has 3 atom stereocenters. The van der Waals surface area contributed by atoms with Gasteiger partial charge in [-0.15, -0.1) is 0 Å². The third kappa shape index (κ3) is 4.70. The molecule has 0 heterocycles. The van der Waals surface area contributed by atoms with Gasteiger partial charge in [-0.3, -0.25) is 4.79 Å². The molecule has 1 saturated carbocycles. The first kappa shape index (κ1) is 19.7. The normalized spacial score (nSPS) is 20.0. The maximum atomic E-state index is 10.7. The third-order valence-corrected chi connectivity index (χ3v) is 6.66. The van der Waals surface area contributed by atoms with E-state index in [4.69, 9.17) is 5.11 Å². The number of aliphatic carboxylic acids is 1. The Labute approximate surface area is 173 Å². The molecule has 0 radical (unpaired) electrons. The van der Waals surface area contributed by atoms with Crippen molar-refractivity contribution >= 4 is 16.7 Å². The van der Waals surface area contributed by atoms with Crippen molar-refractivity contribution in [2.45, 2.75) is 57.3 Å². The topological polar surface area (TPSA) is 37.3 Å². The molecule has 1 fully saturated rings. The molecule has 150 valence electrons. The summed E-state index contributed by atoms with van der Waals surface area (Å²) >= 11 is 0. The van der Waals surface area contributed by atoms with Crippen LogP contribution in [0.3, 0.4) is 0 Å². The van der Waals surface area contributed by atoms with Crippen molar-refractivity contribution in [3.63, 3.8) is 0 Å². The Morgan fingerprint density at radius 3 is 2.55 bits per heavy atom. The third-order valence-electron chi connectivity index (χ3n) is 6.66. The van der Waals surface area contributed by atoms with Gasteiger partial charge in [-0.2, -0.15) is 0 Å². The first-order valence-electron chi connectivity index (χ1n) is 10.9. The van der Waals surface area contributed by atoms with Crippen LogP contribution in [0.2, 0.25) is 0 Å². The molecule has 0 bridgehead atoms. The van der Waals surface area contributed by atoms with Gasteiger partial charge < -0.3 is 5.11 Å². The molecule has 0 spiro atoms. The Balaban J connectivity index is 1.38. The lowest BCUT2D eigenvalue weighted by Crippen LogP contribution is -2.03. The molecule has 29 heavy (non-hydrogen) atoms. The lowest BCUT2D eigenvalue weighted by molar-refractivity contribution is -0.136. The molecular weight excluding hydrogens is 356 g/mol. The van der Waals surface area contributed by atoms with Crippen LogP contribution < -0.4 is 0 Å². The van der Waals surface area contributed by atoms with E-state index in [9.17, 15) is 4.79 Å². The van der Waals surface area contributed by atoms with E-state index in [0.717, 1.165) is 11.5 Å². The summed E-state index contributed by atoms with van der Waals surface area (Å²) < 4.78 is 0. The van der Waals surface area contributed by atoms with Crippen LogP contribution in [-0.2, 0) is 11.2 Å². The van der Waals surface area contributed by atoms with Crippen molar-refractivity contribution in [2.24, 2.45) is 5.92 Å². The van der Waals surface area contributed by atoms with Gasteiger partial charge in [0.2, 0.25) is 0 Å². The van der Waals surface area contributed by atoms with Crippen LogP contribution in [0, 0.1) is 5.92 Å². The molecule has 1 aliphatic rings. The summed E-state index contributed by atoms with van der Waals surface area (Å²) in [4.78, 5) is 10.7. The quantitative estimate of drug-likeness (QED) is 0.478. The van der Waals surface area contributed by atoms with Gasteiger partial charge in [0.15, 0.2) is 0 Å². The summed E-state index contributed by atoms with van der Waals surface area (Å²) in [5.74, 6) is 1.27. The highest BCUT2D eigenvalue weighted by atomic mass is 16.4. The Kier molecular flexibility index (Phi) is 5.99. The van der Waals surface area contributed by atoms with E-state index in [1.165, 1.54) is 47.6 Å². The van der Waals surface area contributed by atoms with Gasteiger partial charge in [-0.1, -0.05) is 73.7 Å². The number of hydrogen-bond acceptors (Lipinski definition) is 1. The molecule has 0 aliphatic heterocycles. The largest absolute Gasteiger partial charge is 0.481 e. The van der Waals surface area contributed by atoms with Gasteiger partial charge in [-0.05, 0) is 77.3 Å². The van der Waals surface area contributed by atoms with Gasteiger partial charge in [0.1, 0.15) is 0 Å². The minimum Gasteiger partial charge on any atom is -0.481 e. The van der Waals surface area contributed by atoms with E-state index < -0.39 is 5.97 Å². The van der Waals surface area contributed by atoms with E-state index in [1.807, 2.05) is 0 Å². The predicted octanol–water partition coefficient (Wildman–Crippen LogP) is 6.93.